The molecule has 214 valence electrons. The molecule has 0 spiro atoms. The summed E-state index contributed by atoms with van der Waals surface area (Å²) >= 11 is 0. The molecule has 0 radical (unpaired) electrons. The number of carbonyl (C=O) groups excluding carboxylic acids is 1. The van der Waals surface area contributed by atoms with Gasteiger partial charge in [-0.05, 0) is 62.3 Å². The van der Waals surface area contributed by atoms with Crippen LogP contribution in [-0.2, 0) is 24.4 Å². The number of amides is 1. The van der Waals surface area contributed by atoms with Gasteiger partial charge < -0.3 is 5.32 Å². The first kappa shape index (κ1) is 27.4. The molecule has 1 saturated carbocycles. The number of benzene rings is 2. The van der Waals surface area contributed by atoms with E-state index in [0.29, 0.717) is 35.3 Å². The SMILES string of the molecule is Cc1cccc2[nH+]c(Cn3c(=O)n(CC4CCC(C(=O)NCc5ccccc5)CC4)c(=O)c4ccccc43)cc(=O)n12. The van der Waals surface area contributed by atoms with Crippen LogP contribution in [0.3, 0.4) is 0 Å². The molecule has 0 aliphatic heterocycles. The fourth-order valence-electron chi connectivity index (χ4n) is 6.16. The summed E-state index contributed by atoms with van der Waals surface area (Å²) in [5.74, 6) is 0.101. The van der Waals surface area contributed by atoms with Gasteiger partial charge in [-0.25, -0.2) is 14.6 Å². The second kappa shape index (κ2) is 11.6. The van der Waals surface area contributed by atoms with E-state index in [-0.39, 0.29) is 35.4 Å². The zero-order valence-corrected chi connectivity index (χ0v) is 23.6. The van der Waals surface area contributed by atoms with Crippen molar-refractivity contribution < 1.29 is 9.78 Å². The number of hydrogen-bond donors (Lipinski definition) is 1. The summed E-state index contributed by atoms with van der Waals surface area (Å²) in [6, 6.07) is 24.0. The predicted molar refractivity (Wildman–Crippen MR) is 160 cm³/mol. The summed E-state index contributed by atoms with van der Waals surface area (Å²) in [5.41, 5.74) is 2.70. The van der Waals surface area contributed by atoms with Crippen LogP contribution in [0, 0.1) is 18.8 Å². The molecule has 9 heteroatoms. The monoisotopic (exact) mass is 564 g/mol. The van der Waals surface area contributed by atoms with Gasteiger partial charge >= 0.3 is 11.2 Å². The summed E-state index contributed by atoms with van der Waals surface area (Å²) in [7, 11) is 0. The number of carbonyl (C=O) groups is 1. The molecule has 0 unspecified atom stereocenters. The van der Waals surface area contributed by atoms with Crippen molar-refractivity contribution in [1.29, 1.82) is 0 Å². The zero-order chi connectivity index (χ0) is 29.2. The number of fused-ring (bicyclic) bond motifs is 2. The quantitative estimate of drug-likeness (QED) is 0.328. The highest BCUT2D eigenvalue weighted by atomic mass is 16.2. The lowest BCUT2D eigenvalue weighted by Gasteiger charge is -2.28. The Morgan fingerprint density at radius 2 is 1.62 bits per heavy atom. The van der Waals surface area contributed by atoms with Gasteiger partial charge in [0, 0.05) is 25.1 Å². The normalized spacial score (nSPS) is 17.0. The van der Waals surface area contributed by atoms with E-state index in [1.807, 2.05) is 55.5 Å². The van der Waals surface area contributed by atoms with Crippen LogP contribution in [0.2, 0.25) is 0 Å². The highest BCUT2D eigenvalue weighted by Gasteiger charge is 2.27. The Hall–Kier alpha value is -4.79. The molecule has 0 bridgehead atoms. The molecule has 3 heterocycles. The molecule has 1 amide bonds. The van der Waals surface area contributed by atoms with Crippen LogP contribution >= 0.6 is 0 Å². The predicted octanol–water partition coefficient (Wildman–Crippen LogP) is 3.07. The number of aromatic amines is 1. The molecule has 3 aromatic heterocycles. The number of para-hydroxylation sites is 1. The van der Waals surface area contributed by atoms with Gasteiger partial charge in [-0.2, -0.15) is 4.40 Å². The van der Waals surface area contributed by atoms with E-state index < -0.39 is 5.69 Å². The minimum atomic E-state index is -0.403. The van der Waals surface area contributed by atoms with E-state index in [1.54, 1.807) is 33.2 Å². The Morgan fingerprint density at radius 3 is 2.40 bits per heavy atom. The third-order valence-electron chi connectivity index (χ3n) is 8.42. The van der Waals surface area contributed by atoms with Gasteiger partial charge in [-0.15, -0.1) is 0 Å². The number of hydrogen-bond acceptors (Lipinski definition) is 4. The van der Waals surface area contributed by atoms with Crippen LogP contribution in [0.5, 0.6) is 0 Å². The lowest BCUT2D eigenvalue weighted by molar-refractivity contribution is -0.364. The highest BCUT2D eigenvalue weighted by Crippen LogP contribution is 2.29. The largest absolute Gasteiger partial charge is 0.352 e. The van der Waals surface area contributed by atoms with E-state index in [0.717, 1.165) is 36.9 Å². The third kappa shape index (κ3) is 5.42. The second-order valence-corrected chi connectivity index (χ2v) is 11.2. The smallest absolute Gasteiger partial charge is 0.342 e. The van der Waals surface area contributed by atoms with Gasteiger partial charge in [0.15, 0.2) is 0 Å². The Bertz CT molecular complexity index is 1950. The second-order valence-electron chi connectivity index (χ2n) is 11.2. The maximum absolute atomic E-state index is 13.8. The Morgan fingerprint density at radius 1 is 0.881 bits per heavy atom. The number of aromatic nitrogens is 4. The van der Waals surface area contributed by atoms with E-state index in [1.165, 1.54) is 10.6 Å². The summed E-state index contributed by atoms with van der Waals surface area (Å²) in [4.78, 5) is 56.3. The molecule has 1 aliphatic carbocycles. The number of H-pyrrole nitrogens is 1. The Balaban J connectivity index is 1.23. The molecule has 0 atom stereocenters. The first-order valence-electron chi connectivity index (χ1n) is 14.5. The van der Waals surface area contributed by atoms with Gasteiger partial charge in [0.1, 0.15) is 11.4 Å². The zero-order valence-electron chi connectivity index (χ0n) is 23.6. The van der Waals surface area contributed by atoms with Crippen molar-refractivity contribution in [3.8, 4) is 0 Å². The summed E-state index contributed by atoms with van der Waals surface area (Å²) in [6.45, 7) is 2.78. The summed E-state index contributed by atoms with van der Waals surface area (Å²) < 4.78 is 4.49. The van der Waals surface area contributed by atoms with Gasteiger partial charge in [0.25, 0.3) is 11.2 Å². The molecule has 2 N–H and O–H groups in total. The van der Waals surface area contributed by atoms with Gasteiger partial charge in [0.05, 0.1) is 23.5 Å². The average Bonchev–Trinajstić information content (AvgIpc) is 3.01. The van der Waals surface area contributed by atoms with Crippen LogP contribution in [0.25, 0.3) is 16.6 Å². The molecular formula is C33H34N5O4+. The molecule has 1 aliphatic rings. The van der Waals surface area contributed by atoms with Crippen molar-refractivity contribution in [3.05, 3.63) is 127 Å². The molecule has 42 heavy (non-hydrogen) atoms. The Labute approximate surface area is 242 Å². The third-order valence-corrected chi connectivity index (χ3v) is 8.42. The van der Waals surface area contributed by atoms with Crippen molar-refractivity contribution in [1.82, 2.24) is 18.9 Å². The topological polar surface area (TPSA) is 109 Å². The standard InChI is InChI=1S/C33H33N5O4/c1-22-8-7-13-29-35-26(18-30(39)38(22)29)21-36-28-12-6-5-11-27(28)32(41)37(33(36)42)20-24-14-16-25(17-15-24)31(40)34-19-23-9-3-2-4-10-23/h2-13,18,24-25H,14-17,19-21H2,1H3,(H,34,40)/p+1. The first-order valence-corrected chi connectivity index (χ1v) is 14.5. The van der Waals surface area contributed by atoms with Crippen LogP contribution in [-0.4, -0.2) is 19.4 Å². The van der Waals surface area contributed by atoms with E-state index >= 15 is 0 Å². The number of pyridine rings is 1. The van der Waals surface area contributed by atoms with Crippen molar-refractivity contribution in [2.75, 3.05) is 0 Å². The maximum atomic E-state index is 13.8. The van der Waals surface area contributed by atoms with Crippen LogP contribution in [0.4, 0.5) is 0 Å². The van der Waals surface area contributed by atoms with Crippen molar-refractivity contribution in [2.24, 2.45) is 11.8 Å². The highest BCUT2D eigenvalue weighted by molar-refractivity contribution is 5.79. The molecular weight excluding hydrogens is 530 g/mol. The van der Waals surface area contributed by atoms with E-state index in [4.69, 9.17) is 0 Å². The fraction of sp³-hybridized carbons (Fsp3) is 0.303. The molecule has 5 aromatic rings. The molecule has 9 nitrogen and oxygen atoms in total. The summed E-state index contributed by atoms with van der Waals surface area (Å²) in [6.07, 6.45) is 2.96. The van der Waals surface area contributed by atoms with Crippen molar-refractivity contribution >= 4 is 22.5 Å². The first-order chi connectivity index (χ1) is 20.4. The fourth-order valence-corrected chi connectivity index (χ4v) is 6.16. The van der Waals surface area contributed by atoms with E-state index in [9.17, 15) is 19.2 Å². The molecule has 0 saturated heterocycles. The number of aryl methyl sites for hydroxylation is 1. The average molecular weight is 565 g/mol. The number of rotatable bonds is 7. The van der Waals surface area contributed by atoms with Crippen LogP contribution in [0.15, 0.2) is 93.2 Å². The van der Waals surface area contributed by atoms with E-state index in [2.05, 4.69) is 10.3 Å². The summed E-state index contributed by atoms with van der Waals surface area (Å²) in [5, 5.41) is 3.50. The van der Waals surface area contributed by atoms with Gasteiger partial charge in [-0.3, -0.25) is 18.7 Å². The molecule has 1 fully saturated rings. The van der Waals surface area contributed by atoms with Crippen LogP contribution in [0.1, 0.15) is 42.6 Å². The lowest BCUT2D eigenvalue weighted by atomic mass is 9.81. The minimum Gasteiger partial charge on any atom is -0.352 e. The Kier molecular flexibility index (Phi) is 7.56. The van der Waals surface area contributed by atoms with Crippen LogP contribution < -0.4 is 27.1 Å². The van der Waals surface area contributed by atoms with Gasteiger partial charge in [-0.1, -0.05) is 48.5 Å². The molecule has 6 rings (SSSR count). The maximum Gasteiger partial charge on any atom is 0.342 e. The van der Waals surface area contributed by atoms with Crippen molar-refractivity contribution in [2.45, 2.75) is 52.2 Å². The van der Waals surface area contributed by atoms with Crippen molar-refractivity contribution in [3.63, 3.8) is 0 Å². The number of nitrogens with one attached hydrogen (secondary N) is 2. The minimum absolute atomic E-state index is 0.0558. The van der Waals surface area contributed by atoms with Gasteiger partial charge in [0.2, 0.25) is 5.91 Å². The number of nitrogens with zero attached hydrogens (tertiary/aromatic N) is 3. The molecule has 2 aromatic carbocycles. The lowest BCUT2D eigenvalue weighted by Crippen LogP contribution is -2.43.